The highest BCUT2D eigenvalue weighted by Gasteiger charge is 2.17. The van der Waals surface area contributed by atoms with Crippen molar-refractivity contribution in [2.24, 2.45) is 11.8 Å². The minimum atomic E-state index is 0.733. The molecule has 0 atom stereocenters. The third-order valence-electron chi connectivity index (χ3n) is 5.29. The summed E-state index contributed by atoms with van der Waals surface area (Å²) in [4.78, 5) is 0. The molecule has 1 fully saturated rings. The first-order valence-corrected chi connectivity index (χ1v) is 10.2. The normalized spacial score (nSPS) is 20.7. The van der Waals surface area contributed by atoms with Gasteiger partial charge in [0.1, 0.15) is 0 Å². The van der Waals surface area contributed by atoms with Crippen molar-refractivity contribution in [3.63, 3.8) is 0 Å². The zero-order valence-corrected chi connectivity index (χ0v) is 16.1. The molecule has 0 heteroatoms. The van der Waals surface area contributed by atoms with E-state index < -0.39 is 0 Å². The van der Waals surface area contributed by atoms with E-state index in [4.69, 9.17) is 0 Å². The van der Waals surface area contributed by atoms with Crippen molar-refractivity contribution in [1.82, 2.24) is 0 Å². The van der Waals surface area contributed by atoms with Crippen LogP contribution in [0.4, 0.5) is 0 Å². The Morgan fingerprint density at radius 3 is 2.48 bits per heavy atom. The number of unbranched alkanes of at least 4 members (excludes halogenated alkanes) is 2. The van der Waals surface area contributed by atoms with Gasteiger partial charge in [-0.2, -0.15) is 0 Å². The van der Waals surface area contributed by atoms with Gasteiger partial charge in [0, 0.05) is 5.56 Å². The van der Waals surface area contributed by atoms with Crippen molar-refractivity contribution in [2.45, 2.75) is 71.6 Å². The predicted octanol–water partition coefficient (Wildman–Crippen LogP) is 7.10. The second-order valence-corrected chi connectivity index (χ2v) is 7.37. The molecule has 1 aromatic rings. The first kappa shape index (κ1) is 19.6. The Balaban J connectivity index is 1.73. The van der Waals surface area contributed by atoms with Crippen LogP contribution in [-0.4, -0.2) is 0 Å². The Labute approximate surface area is 155 Å². The SMILES string of the molecule is CC=CCC1CCC(C=CC#Cc2ccc(CCCCC)cc2)CC1. The van der Waals surface area contributed by atoms with Crippen molar-refractivity contribution in [3.8, 4) is 11.8 Å². The van der Waals surface area contributed by atoms with Crippen molar-refractivity contribution in [1.29, 1.82) is 0 Å². The lowest BCUT2D eigenvalue weighted by molar-refractivity contribution is 0.312. The summed E-state index contributed by atoms with van der Waals surface area (Å²) < 4.78 is 0. The molecule has 134 valence electrons. The van der Waals surface area contributed by atoms with Crippen LogP contribution in [0.2, 0.25) is 0 Å². The summed E-state index contributed by atoms with van der Waals surface area (Å²) in [7, 11) is 0. The van der Waals surface area contributed by atoms with E-state index in [0.717, 1.165) is 17.4 Å². The molecule has 0 amide bonds. The number of aryl methyl sites for hydroxylation is 1. The molecule has 25 heavy (non-hydrogen) atoms. The first-order chi connectivity index (χ1) is 12.3. The molecule has 0 aliphatic heterocycles. The van der Waals surface area contributed by atoms with Gasteiger partial charge in [0.25, 0.3) is 0 Å². The standard InChI is InChI=1S/C25H34/c1-3-5-7-11-23-18-20-25(21-19-23)13-9-8-12-24-16-14-22(15-17-24)10-6-4-2/h4,6,8,12,18-22,24H,3,5,7,10-11,14-17H2,1-2H3. The molecule has 1 aromatic carbocycles. The monoisotopic (exact) mass is 334 g/mol. The zero-order valence-electron chi connectivity index (χ0n) is 16.1. The van der Waals surface area contributed by atoms with Gasteiger partial charge in [0.15, 0.2) is 0 Å². The summed E-state index contributed by atoms with van der Waals surface area (Å²) in [6.07, 6.45) is 20.7. The van der Waals surface area contributed by atoms with Crippen LogP contribution in [0, 0.1) is 23.7 Å². The minimum Gasteiger partial charge on any atom is -0.0917 e. The molecule has 0 unspecified atom stereocenters. The maximum absolute atomic E-state index is 3.27. The summed E-state index contributed by atoms with van der Waals surface area (Å²) >= 11 is 0. The number of hydrogen-bond acceptors (Lipinski definition) is 0. The minimum absolute atomic E-state index is 0.733. The zero-order chi connectivity index (χ0) is 17.7. The van der Waals surface area contributed by atoms with Crippen molar-refractivity contribution in [3.05, 3.63) is 59.7 Å². The highest BCUT2D eigenvalue weighted by molar-refractivity contribution is 5.38. The molecule has 0 radical (unpaired) electrons. The van der Waals surface area contributed by atoms with E-state index in [0.29, 0.717) is 0 Å². The molecule has 0 N–H and O–H groups in total. The largest absolute Gasteiger partial charge is 0.0917 e. The van der Waals surface area contributed by atoms with Crippen LogP contribution in [0.1, 0.15) is 76.3 Å². The summed E-state index contributed by atoms with van der Waals surface area (Å²) in [5.41, 5.74) is 2.56. The number of allylic oxidation sites excluding steroid dienone is 4. The van der Waals surface area contributed by atoms with Gasteiger partial charge in [-0.3, -0.25) is 0 Å². The van der Waals surface area contributed by atoms with Gasteiger partial charge >= 0.3 is 0 Å². The Morgan fingerprint density at radius 1 is 1.04 bits per heavy atom. The lowest BCUT2D eigenvalue weighted by Gasteiger charge is -2.25. The topological polar surface area (TPSA) is 0 Å². The average Bonchev–Trinajstić information content (AvgIpc) is 2.66. The smallest absolute Gasteiger partial charge is 0.0249 e. The van der Waals surface area contributed by atoms with Crippen LogP contribution in [0.3, 0.4) is 0 Å². The first-order valence-electron chi connectivity index (χ1n) is 10.2. The van der Waals surface area contributed by atoms with Crippen molar-refractivity contribution >= 4 is 0 Å². The van der Waals surface area contributed by atoms with Crippen LogP contribution < -0.4 is 0 Å². The summed E-state index contributed by atoms with van der Waals surface area (Å²) in [5.74, 6) is 8.13. The Kier molecular flexibility index (Phi) is 9.21. The summed E-state index contributed by atoms with van der Waals surface area (Å²) in [5, 5.41) is 0. The number of benzene rings is 1. The maximum Gasteiger partial charge on any atom is 0.0249 e. The molecular formula is C25H34. The highest BCUT2D eigenvalue weighted by Crippen LogP contribution is 2.31. The van der Waals surface area contributed by atoms with Gasteiger partial charge in [-0.05, 0) is 87.5 Å². The Bertz CT molecular complexity index is 583. The van der Waals surface area contributed by atoms with E-state index in [1.54, 1.807) is 0 Å². The molecule has 2 rings (SSSR count). The molecule has 0 heterocycles. The highest BCUT2D eigenvalue weighted by atomic mass is 14.2. The fraction of sp³-hybridized carbons (Fsp3) is 0.520. The lowest BCUT2D eigenvalue weighted by atomic mass is 9.80. The molecular weight excluding hydrogens is 300 g/mol. The number of hydrogen-bond donors (Lipinski definition) is 0. The molecule has 1 saturated carbocycles. The number of rotatable bonds is 7. The Hall–Kier alpha value is -1.74. The molecule has 0 saturated heterocycles. The molecule has 0 aromatic heterocycles. The third kappa shape index (κ3) is 7.78. The predicted molar refractivity (Wildman–Crippen MR) is 111 cm³/mol. The third-order valence-corrected chi connectivity index (χ3v) is 5.29. The second-order valence-electron chi connectivity index (χ2n) is 7.37. The lowest BCUT2D eigenvalue weighted by Crippen LogP contribution is -2.12. The van der Waals surface area contributed by atoms with Gasteiger partial charge in [-0.15, -0.1) is 0 Å². The van der Waals surface area contributed by atoms with E-state index in [-0.39, 0.29) is 0 Å². The quantitative estimate of drug-likeness (QED) is 0.283. The molecule has 1 aliphatic carbocycles. The van der Waals surface area contributed by atoms with Gasteiger partial charge in [0.2, 0.25) is 0 Å². The second kappa shape index (κ2) is 11.8. The van der Waals surface area contributed by atoms with Crippen molar-refractivity contribution < 1.29 is 0 Å². The van der Waals surface area contributed by atoms with Crippen LogP contribution in [0.25, 0.3) is 0 Å². The summed E-state index contributed by atoms with van der Waals surface area (Å²) in [6, 6.07) is 8.79. The van der Waals surface area contributed by atoms with Crippen LogP contribution in [-0.2, 0) is 6.42 Å². The van der Waals surface area contributed by atoms with E-state index in [2.05, 4.69) is 74.3 Å². The van der Waals surface area contributed by atoms with Crippen LogP contribution >= 0.6 is 0 Å². The van der Waals surface area contributed by atoms with E-state index in [1.807, 2.05) is 0 Å². The van der Waals surface area contributed by atoms with Gasteiger partial charge in [0.05, 0.1) is 0 Å². The van der Waals surface area contributed by atoms with Crippen LogP contribution in [0.15, 0.2) is 48.6 Å². The molecule has 0 nitrogen and oxygen atoms in total. The van der Waals surface area contributed by atoms with E-state index in [9.17, 15) is 0 Å². The van der Waals surface area contributed by atoms with E-state index in [1.165, 1.54) is 63.4 Å². The van der Waals surface area contributed by atoms with E-state index >= 15 is 0 Å². The van der Waals surface area contributed by atoms with Crippen LogP contribution in [0.5, 0.6) is 0 Å². The fourth-order valence-corrected chi connectivity index (χ4v) is 3.59. The van der Waals surface area contributed by atoms with Gasteiger partial charge in [-0.1, -0.05) is 62.0 Å². The molecule has 0 bridgehead atoms. The fourth-order valence-electron chi connectivity index (χ4n) is 3.59. The molecule has 0 spiro atoms. The molecule has 1 aliphatic rings. The maximum atomic E-state index is 3.27. The van der Waals surface area contributed by atoms with Gasteiger partial charge in [-0.25, -0.2) is 0 Å². The van der Waals surface area contributed by atoms with Crippen molar-refractivity contribution in [2.75, 3.05) is 0 Å². The average molecular weight is 335 g/mol. The summed E-state index contributed by atoms with van der Waals surface area (Å²) in [6.45, 7) is 4.37. The van der Waals surface area contributed by atoms with Gasteiger partial charge < -0.3 is 0 Å². The Morgan fingerprint density at radius 2 is 1.80 bits per heavy atom.